The molecule has 0 saturated heterocycles. The van der Waals surface area contributed by atoms with Gasteiger partial charge in [-0.05, 0) is 30.7 Å². The Morgan fingerprint density at radius 2 is 1.81 bits per heavy atom. The van der Waals surface area contributed by atoms with E-state index in [2.05, 4.69) is 10.1 Å². The topological polar surface area (TPSA) is 38.3 Å². The molecule has 0 aliphatic carbocycles. The highest BCUT2D eigenvalue weighted by Gasteiger charge is 2.31. The fraction of sp³-hybridized carbons (Fsp3) is 0.133. The standard InChI is InChI=1S/C15H12F3NO2/c1-10-5-2-3-8-13(10)14(20)19-11-6-4-7-12(9-11)21-15(16,17)18/h2-9H,1H3,(H,19,20). The summed E-state index contributed by atoms with van der Waals surface area (Å²) < 4.78 is 40.2. The summed E-state index contributed by atoms with van der Waals surface area (Å²) in [4.78, 5) is 12.1. The number of halogens is 3. The number of benzene rings is 2. The van der Waals surface area contributed by atoms with Crippen molar-refractivity contribution in [3.05, 3.63) is 59.7 Å². The molecular formula is C15H12F3NO2. The van der Waals surface area contributed by atoms with Crippen LogP contribution in [0, 0.1) is 6.92 Å². The molecule has 0 atom stereocenters. The van der Waals surface area contributed by atoms with Crippen molar-refractivity contribution in [3.8, 4) is 5.75 Å². The highest BCUT2D eigenvalue weighted by Crippen LogP contribution is 2.25. The average Bonchev–Trinajstić information content (AvgIpc) is 2.37. The predicted molar refractivity (Wildman–Crippen MR) is 72.3 cm³/mol. The summed E-state index contributed by atoms with van der Waals surface area (Å²) in [7, 11) is 0. The van der Waals surface area contributed by atoms with Gasteiger partial charge in [0.15, 0.2) is 0 Å². The molecule has 0 bridgehead atoms. The van der Waals surface area contributed by atoms with Crippen LogP contribution in [0.4, 0.5) is 18.9 Å². The third kappa shape index (κ3) is 4.24. The number of ether oxygens (including phenoxy) is 1. The highest BCUT2D eigenvalue weighted by molar-refractivity contribution is 6.05. The van der Waals surface area contributed by atoms with Gasteiger partial charge in [-0.1, -0.05) is 24.3 Å². The maximum absolute atomic E-state index is 12.1. The van der Waals surface area contributed by atoms with Crippen LogP contribution in [-0.4, -0.2) is 12.3 Å². The van der Waals surface area contributed by atoms with E-state index in [1.54, 1.807) is 31.2 Å². The Balaban J connectivity index is 2.15. The maximum Gasteiger partial charge on any atom is 0.573 e. The van der Waals surface area contributed by atoms with Crippen LogP contribution in [0.2, 0.25) is 0 Å². The molecule has 0 aromatic heterocycles. The summed E-state index contributed by atoms with van der Waals surface area (Å²) in [6.45, 7) is 1.78. The van der Waals surface area contributed by atoms with Crippen LogP contribution < -0.4 is 10.1 Å². The molecule has 1 N–H and O–H groups in total. The fourth-order valence-corrected chi connectivity index (χ4v) is 1.80. The van der Waals surface area contributed by atoms with Crippen molar-refractivity contribution < 1.29 is 22.7 Å². The quantitative estimate of drug-likeness (QED) is 0.924. The summed E-state index contributed by atoms with van der Waals surface area (Å²) in [5.74, 6) is -0.776. The summed E-state index contributed by atoms with van der Waals surface area (Å²) in [5, 5.41) is 2.54. The number of aryl methyl sites for hydroxylation is 1. The van der Waals surface area contributed by atoms with Crippen molar-refractivity contribution in [1.82, 2.24) is 0 Å². The predicted octanol–water partition coefficient (Wildman–Crippen LogP) is 4.15. The minimum atomic E-state index is -4.77. The van der Waals surface area contributed by atoms with E-state index in [1.807, 2.05) is 0 Å². The number of hydrogen-bond acceptors (Lipinski definition) is 2. The van der Waals surface area contributed by atoms with Crippen molar-refractivity contribution >= 4 is 11.6 Å². The molecule has 0 heterocycles. The number of anilines is 1. The fourth-order valence-electron chi connectivity index (χ4n) is 1.80. The van der Waals surface area contributed by atoms with Crippen LogP contribution in [0.3, 0.4) is 0 Å². The van der Waals surface area contributed by atoms with Crippen molar-refractivity contribution in [1.29, 1.82) is 0 Å². The van der Waals surface area contributed by atoms with Crippen LogP contribution in [-0.2, 0) is 0 Å². The van der Waals surface area contributed by atoms with E-state index < -0.39 is 12.3 Å². The van der Waals surface area contributed by atoms with Crippen LogP contribution in [0.1, 0.15) is 15.9 Å². The van der Waals surface area contributed by atoms with E-state index >= 15 is 0 Å². The minimum Gasteiger partial charge on any atom is -0.406 e. The number of rotatable bonds is 3. The van der Waals surface area contributed by atoms with Crippen LogP contribution in [0.15, 0.2) is 48.5 Å². The third-order valence-corrected chi connectivity index (χ3v) is 2.72. The first-order valence-electron chi connectivity index (χ1n) is 6.08. The van der Waals surface area contributed by atoms with Gasteiger partial charge in [-0.15, -0.1) is 13.2 Å². The van der Waals surface area contributed by atoms with Gasteiger partial charge in [0, 0.05) is 17.3 Å². The highest BCUT2D eigenvalue weighted by atomic mass is 19.4. The molecule has 3 nitrogen and oxygen atoms in total. The van der Waals surface area contributed by atoms with E-state index in [4.69, 9.17) is 0 Å². The Morgan fingerprint density at radius 1 is 1.10 bits per heavy atom. The molecular weight excluding hydrogens is 283 g/mol. The first-order chi connectivity index (χ1) is 9.85. The second kappa shape index (κ2) is 5.87. The van der Waals surface area contributed by atoms with E-state index in [0.717, 1.165) is 17.7 Å². The monoisotopic (exact) mass is 295 g/mol. The molecule has 0 spiro atoms. The Bertz CT molecular complexity index is 653. The maximum atomic E-state index is 12.1. The van der Waals surface area contributed by atoms with E-state index in [-0.39, 0.29) is 11.4 Å². The summed E-state index contributed by atoms with van der Waals surface area (Å²) >= 11 is 0. The van der Waals surface area contributed by atoms with Crippen molar-refractivity contribution in [2.45, 2.75) is 13.3 Å². The van der Waals surface area contributed by atoms with Gasteiger partial charge in [0.25, 0.3) is 5.91 Å². The van der Waals surface area contributed by atoms with Gasteiger partial charge in [-0.2, -0.15) is 0 Å². The molecule has 0 aliphatic rings. The molecule has 0 fully saturated rings. The summed E-state index contributed by atoms with van der Waals surface area (Å²) in [5.41, 5.74) is 1.46. The van der Waals surface area contributed by atoms with Gasteiger partial charge in [0.2, 0.25) is 0 Å². The van der Waals surface area contributed by atoms with Gasteiger partial charge < -0.3 is 10.1 Å². The molecule has 2 rings (SSSR count). The molecule has 0 aliphatic heterocycles. The molecule has 0 radical (unpaired) electrons. The zero-order valence-corrected chi connectivity index (χ0v) is 11.1. The van der Waals surface area contributed by atoms with Crippen molar-refractivity contribution in [2.75, 3.05) is 5.32 Å². The third-order valence-electron chi connectivity index (χ3n) is 2.72. The number of hydrogen-bond donors (Lipinski definition) is 1. The first-order valence-corrected chi connectivity index (χ1v) is 6.08. The first kappa shape index (κ1) is 14.9. The number of carbonyl (C=O) groups excluding carboxylic acids is 1. The largest absolute Gasteiger partial charge is 0.573 e. The second-order valence-corrected chi connectivity index (χ2v) is 4.34. The van der Waals surface area contributed by atoms with E-state index in [1.165, 1.54) is 12.1 Å². The molecule has 0 saturated carbocycles. The molecule has 2 aromatic carbocycles. The number of nitrogens with one attached hydrogen (secondary N) is 1. The van der Waals surface area contributed by atoms with Gasteiger partial charge in [0.1, 0.15) is 5.75 Å². The molecule has 6 heteroatoms. The van der Waals surface area contributed by atoms with Gasteiger partial charge in [-0.25, -0.2) is 0 Å². The molecule has 21 heavy (non-hydrogen) atoms. The molecule has 0 unspecified atom stereocenters. The van der Waals surface area contributed by atoms with Crippen LogP contribution in [0.5, 0.6) is 5.75 Å². The lowest BCUT2D eigenvalue weighted by Crippen LogP contribution is -2.17. The average molecular weight is 295 g/mol. The summed E-state index contributed by atoms with van der Waals surface area (Å²) in [6.07, 6.45) is -4.77. The smallest absolute Gasteiger partial charge is 0.406 e. The van der Waals surface area contributed by atoms with Gasteiger partial charge >= 0.3 is 6.36 Å². The molecule has 1 amide bonds. The minimum absolute atomic E-state index is 0.227. The van der Waals surface area contributed by atoms with Crippen molar-refractivity contribution in [3.63, 3.8) is 0 Å². The van der Waals surface area contributed by atoms with Crippen LogP contribution >= 0.6 is 0 Å². The van der Waals surface area contributed by atoms with E-state index in [9.17, 15) is 18.0 Å². The zero-order valence-electron chi connectivity index (χ0n) is 11.1. The lowest BCUT2D eigenvalue weighted by molar-refractivity contribution is -0.274. The Labute approximate surface area is 119 Å². The van der Waals surface area contributed by atoms with Gasteiger partial charge in [0.05, 0.1) is 0 Å². The number of amides is 1. The Kier molecular flexibility index (Phi) is 4.16. The lowest BCUT2D eigenvalue weighted by atomic mass is 10.1. The van der Waals surface area contributed by atoms with Gasteiger partial charge in [-0.3, -0.25) is 4.79 Å². The Hall–Kier alpha value is -2.50. The zero-order chi connectivity index (χ0) is 15.5. The van der Waals surface area contributed by atoms with Crippen LogP contribution in [0.25, 0.3) is 0 Å². The van der Waals surface area contributed by atoms with Crippen molar-refractivity contribution in [2.24, 2.45) is 0 Å². The molecule has 110 valence electrons. The SMILES string of the molecule is Cc1ccccc1C(=O)Nc1cccc(OC(F)(F)F)c1. The normalized spacial score (nSPS) is 11.0. The second-order valence-electron chi connectivity index (χ2n) is 4.34. The lowest BCUT2D eigenvalue weighted by Gasteiger charge is -2.11. The Morgan fingerprint density at radius 3 is 2.48 bits per heavy atom. The van der Waals surface area contributed by atoms with E-state index in [0.29, 0.717) is 5.56 Å². The number of carbonyl (C=O) groups is 1. The number of alkyl halides is 3. The summed E-state index contributed by atoms with van der Waals surface area (Å²) in [6, 6.07) is 12.1. The molecule has 2 aromatic rings.